The highest BCUT2D eigenvalue weighted by Crippen LogP contribution is 2.20. The second-order valence-electron chi connectivity index (χ2n) is 5.31. The molecule has 0 saturated carbocycles. The topological polar surface area (TPSA) is 68.5 Å². The zero-order chi connectivity index (χ0) is 14.8. The SMILES string of the molecule is Cc1cc(C(=O)N2CCOC(CN)C2)c2ccccc2n1.Cl.Cl. The number of nitrogens with zero attached hydrogens (tertiary/aromatic N) is 2. The maximum absolute atomic E-state index is 12.8. The van der Waals surface area contributed by atoms with Gasteiger partial charge in [0.1, 0.15) is 0 Å². The van der Waals surface area contributed by atoms with Gasteiger partial charge in [0.15, 0.2) is 0 Å². The smallest absolute Gasteiger partial charge is 0.254 e. The number of pyridine rings is 1. The van der Waals surface area contributed by atoms with Crippen molar-refractivity contribution in [1.29, 1.82) is 0 Å². The maximum atomic E-state index is 12.8. The third-order valence-corrected chi connectivity index (χ3v) is 3.76. The lowest BCUT2D eigenvalue weighted by molar-refractivity contribution is -0.0166. The number of aryl methyl sites for hydroxylation is 1. The van der Waals surface area contributed by atoms with E-state index in [1.54, 1.807) is 0 Å². The quantitative estimate of drug-likeness (QED) is 0.894. The number of nitrogens with two attached hydrogens (primary N) is 1. The highest BCUT2D eigenvalue weighted by atomic mass is 35.5. The predicted octanol–water partition coefficient (Wildman–Crippen LogP) is 2.19. The number of carbonyl (C=O) groups excluding carboxylic acids is 1. The fourth-order valence-electron chi connectivity index (χ4n) is 2.70. The Bertz CT molecular complexity index is 681. The number of aromatic nitrogens is 1. The summed E-state index contributed by atoms with van der Waals surface area (Å²) < 4.78 is 5.52. The van der Waals surface area contributed by atoms with Crippen LogP contribution in [0.1, 0.15) is 16.1 Å². The molecule has 1 aliphatic rings. The minimum Gasteiger partial charge on any atom is -0.373 e. The molecule has 3 rings (SSSR count). The second-order valence-corrected chi connectivity index (χ2v) is 5.31. The number of benzene rings is 1. The van der Waals surface area contributed by atoms with Crippen molar-refractivity contribution >= 4 is 41.6 Å². The number of fused-ring (bicyclic) bond motifs is 1. The molecule has 23 heavy (non-hydrogen) atoms. The number of ether oxygens (including phenoxy) is 1. The Morgan fingerprint density at radius 2 is 2.13 bits per heavy atom. The summed E-state index contributed by atoms with van der Waals surface area (Å²) >= 11 is 0. The molecule has 2 N–H and O–H groups in total. The summed E-state index contributed by atoms with van der Waals surface area (Å²) in [6.07, 6.45) is -0.0723. The highest BCUT2D eigenvalue weighted by Gasteiger charge is 2.25. The second kappa shape index (κ2) is 8.45. The molecule has 1 saturated heterocycles. The van der Waals surface area contributed by atoms with Gasteiger partial charge in [0.05, 0.1) is 23.8 Å². The fraction of sp³-hybridized carbons (Fsp3) is 0.375. The molecular weight excluding hydrogens is 337 g/mol. The van der Waals surface area contributed by atoms with Crippen LogP contribution in [0.3, 0.4) is 0 Å². The molecule has 1 unspecified atom stereocenters. The van der Waals surface area contributed by atoms with Gasteiger partial charge in [0.2, 0.25) is 0 Å². The molecule has 1 fully saturated rings. The number of amides is 1. The molecule has 5 nitrogen and oxygen atoms in total. The van der Waals surface area contributed by atoms with Gasteiger partial charge < -0.3 is 15.4 Å². The van der Waals surface area contributed by atoms with Gasteiger partial charge in [-0.15, -0.1) is 24.8 Å². The first kappa shape index (κ1) is 19.6. The molecule has 1 atom stereocenters. The number of morpholine rings is 1. The van der Waals surface area contributed by atoms with Gasteiger partial charge in [0, 0.05) is 30.7 Å². The van der Waals surface area contributed by atoms with E-state index in [1.807, 2.05) is 42.2 Å². The molecule has 1 aromatic carbocycles. The van der Waals surface area contributed by atoms with E-state index in [9.17, 15) is 4.79 Å². The normalized spacial score (nSPS) is 17.3. The van der Waals surface area contributed by atoms with Crippen molar-refractivity contribution < 1.29 is 9.53 Å². The van der Waals surface area contributed by atoms with Crippen LogP contribution >= 0.6 is 24.8 Å². The van der Waals surface area contributed by atoms with E-state index in [1.165, 1.54) is 0 Å². The van der Waals surface area contributed by atoms with Crippen LogP contribution in [0, 0.1) is 6.92 Å². The summed E-state index contributed by atoms with van der Waals surface area (Å²) in [6.45, 7) is 4.02. The molecule has 0 bridgehead atoms. The van der Waals surface area contributed by atoms with Gasteiger partial charge in [-0.2, -0.15) is 0 Å². The van der Waals surface area contributed by atoms with E-state index in [0.29, 0.717) is 31.8 Å². The van der Waals surface area contributed by atoms with Gasteiger partial charge in [0.25, 0.3) is 5.91 Å². The lowest BCUT2D eigenvalue weighted by Crippen LogP contribution is -2.48. The molecule has 1 amide bonds. The van der Waals surface area contributed by atoms with Crippen LogP contribution in [0.15, 0.2) is 30.3 Å². The van der Waals surface area contributed by atoms with Crippen molar-refractivity contribution in [3.63, 3.8) is 0 Å². The summed E-state index contributed by atoms with van der Waals surface area (Å²) in [5.74, 6) is 0.0263. The van der Waals surface area contributed by atoms with Gasteiger partial charge in [-0.25, -0.2) is 0 Å². The number of para-hydroxylation sites is 1. The largest absolute Gasteiger partial charge is 0.373 e. The minimum atomic E-state index is -0.0723. The summed E-state index contributed by atoms with van der Waals surface area (Å²) in [5.41, 5.74) is 8.05. The lowest BCUT2D eigenvalue weighted by Gasteiger charge is -2.32. The maximum Gasteiger partial charge on any atom is 0.254 e. The van der Waals surface area contributed by atoms with E-state index < -0.39 is 0 Å². The molecule has 0 aliphatic carbocycles. The molecule has 0 radical (unpaired) electrons. The summed E-state index contributed by atoms with van der Waals surface area (Å²) in [7, 11) is 0. The van der Waals surface area contributed by atoms with E-state index >= 15 is 0 Å². The Labute approximate surface area is 148 Å². The molecule has 126 valence electrons. The Morgan fingerprint density at radius 1 is 1.39 bits per heavy atom. The molecule has 1 aromatic heterocycles. The predicted molar refractivity (Wildman–Crippen MR) is 95.7 cm³/mol. The van der Waals surface area contributed by atoms with Gasteiger partial charge in [-0.1, -0.05) is 18.2 Å². The first-order valence-electron chi connectivity index (χ1n) is 7.16. The molecule has 1 aliphatic heterocycles. The Kier molecular flexibility index (Phi) is 7.22. The van der Waals surface area contributed by atoms with Crippen LogP contribution in [-0.4, -0.2) is 48.1 Å². The first-order valence-corrected chi connectivity index (χ1v) is 7.16. The van der Waals surface area contributed by atoms with Crippen molar-refractivity contribution in [2.45, 2.75) is 13.0 Å². The van der Waals surface area contributed by atoms with Crippen molar-refractivity contribution in [2.24, 2.45) is 5.73 Å². The zero-order valence-electron chi connectivity index (χ0n) is 12.9. The Hall–Kier alpha value is -1.40. The molecule has 0 spiro atoms. The fourth-order valence-corrected chi connectivity index (χ4v) is 2.70. The van der Waals surface area contributed by atoms with Crippen LogP contribution in [0.25, 0.3) is 10.9 Å². The number of rotatable bonds is 2. The van der Waals surface area contributed by atoms with Crippen molar-refractivity contribution in [2.75, 3.05) is 26.2 Å². The molecule has 7 heteroatoms. The third-order valence-electron chi connectivity index (χ3n) is 3.76. The average Bonchev–Trinajstić information content (AvgIpc) is 2.53. The van der Waals surface area contributed by atoms with Crippen LogP contribution in [0.5, 0.6) is 0 Å². The number of hydrogen-bond donors (Lipinski definition) is 1. The summed E-state index contributed by atoms with van der Waals surface area (Å²) in [6, 6.07) is 9.59. The number of halogens is 2. The Morgan fingerprint density at radius 3 is 2.87 bits per heavy atom. The van der Waals surface area contributed by atoms with Crippen LogP contribution in [0.4, 0.5) is 0 Å². The number of hydrogen-bond acceptors (Lipinski definition) is 4. The number of carbonyl (C=O) groups is 1. The highest BCUT2D eigenvalue weighted by molar-refractivity contribution is 6.06. The zero-order valence-corrected chi connectivity index (χ0v) is 14.5. The van der Waals surface area contributed by atoms with Gasteiger partial charge in [-0.05, 0) is 19.1 Å². The standard InChI is InChI=1S/C16H19N3O2.2ClH/c1-11-8-14(13-4-2-3-5-15(13)18-11)16(20)19-6-7-21-12(9-17)10-19;;/h2-5,8,12H,6-7,9-10,17H2,1H3;2*1H. The molecular formula is C16H21Cl2N3O2. The van der Waals surface area contributed by atoms with E-state index in [-0.39, 0.29) is 36.8 Å². The monoisotopic (exact) mass is 357 g/mol. The molecule has 2 aromatic rings. The Balaban J connectivity index is 0.00000132. The van der Waals surface area contributed by atoms with Crippen molar-refractivity contribution in [3.8, 4) is 0 Å². The van der Waals surface area contributed by atoms with Crippen LogP contribution in [0.2, 0.25) is 0 Å². The first-order chi connectivity index (χ1) is 10.2. The average molecular weight is 358 g/mol. The van der Waals surface area contributed by atoms with Crippen molar-refractivity contribution in [1.82, 2.24) is 9.88 Å². The van der Waals surface area contributed by atoms with E-state index in [2.05, 4.69) is 4.98 Å². The third kappa shape index (κ3) is 4.12. The van der Waals surface area contributed by atoms with Gasteiger partial charge >= 0.3 is 0 Å². The summed E-state index contributed by atoms with van der Waals surface area (Å²) in [4.78, 5) is 19.1. The van der Waals surface area contributed by atoms with Crippen molar-refractivity contribution in [3.05, 3.63) is 41.6 Å². The summed E-state index contributed by atoms with van der Waals surface area (Å²) in [5, 5.41) is 0.892. The van der Waals surface area contributed by atoms with Crippen LogP contribution < -0.4 is 5.73 Å². The van der Waals surface area contributed by atoms with E-state index in [0.717, 1.165) is 16.6 Å². The minimum absolute atomic E-state index is 0. The van der Waals surface area contributed by atoms with E-state index in [4.69, 9.17) is 10.5 Å². The molecule has 2 heterocycles. The van der Waals surface area contributed by atoms with Crippen LogP contribution in [-0.2, 0) is 4.74 Å². The lowest BCUT2D eigenvalue weighted by atomic mass is 10.1. The van der Waals surface area contributed by atoms with Gasteiger partial charge in [-0.3, -0.25) is 9.78 Å².